The van der Waals surface area contributed by atoms with Gasteiger partial charge in [-0.1, -0.05) is 13.0 Å². The van der Waals surface area contributed by atoms with Gasteiger partial charge in [0.05, 0.1) is 16.5 Å². The highest BCUT2D eigenvalue weighted by atomic mass is 19.4. The number of rotatable bonds is 4. The van der Waals surface area contributed by atoms with Crippen LogP contribution >= 0.6 is 0 Å². The van der Waals surface area contributed by atoms with Crippen molar-refractivity contribution in [3.8, 4) is 0 Å². The van der Waals surface area contributed by atoms with Crippen molar-refractivity contribution in [3.05, 3.63) is 63.4 Å². The minimum Gasteiger partial charge on any atom is -0.408 e. The Hall–Kier alpha value is -3.14. The lowest BCUT2D eigenvalue weighted by molar-refractivity contribution is -0.143. The highest BCUT2D eigenvalue weighted by Crippen LogP contribution is 2.41. The molecule has 1 amide bonds. The van der Waals surface area contributed by atoms with E-state index in [1.807, 2.05) is 19.1 Å². The second-order valence-corrected chi connectivity index (χ2v) is 9.99. The van der Waals surface area contributed by atoms with E-state index in [0.717, 1.165) is 29.9 Å². The molecule has 2 atom stereocenters. The topological polar surface area (TPSA) is 71.6 Å². The van der Waals surface area contributed by atoms with Gasteiger partial charge in [-0.3, -0.25) is 19.2 Å². The first kappa shape index (κ1) is 24.5. The van der Waals surface area contributed by atoms with Gasteiger partial charge in [-0.25, -0.2) is 4.79 Å². The van der Waals surface area contributed by atoms with Gasteiger partial charge in [0.2, 0.25) is 5.91 Å². The average molecular weight is 503 g/mol. The predicted molar refractivity (Wildman–Crippen MR) is 127 cm³/mol. The molecule has 192 valence electrons. The van der Waals surface area contributed by atoms with E-state index in [-0.39, 0.29) is 18.5 Å². The first-order valence-electron chi connectivity index (χ1n) is 12.2. The van der Waals surface area contributed by atoms with Crippen molar-refractivity contribution < 1.29 is 22.4 Å². The van der Waals surface area contributed by atoms with Gasteiger partial charge in [0.25, 0.3) is 0 Å². The summed E-state index contributed by atoms with van der Waals surface area (Å²) in [6, 6.07) is 6.83. The maximum Gasteiger partial charge on any atom is 0.419 e. The Balaban J connectivity index is 1.34. The zero-order valence-corrected chi connectivity index (χ0v) is 20.6. The standard InChI is InChI=1S/C26H29F3N4O3/c1-4-25(23(34)32-9-7-20-18(14-32)11-19(13-30-20)26(27,28)29)8-10-33(15-25)16(2)17-5-6-22-21(12-17)31(3)24(35)36-22/h5-6,11-13,16H,4,7-10,14-15H2,1-3H3. The molecule has 0 bridgehead atoms. The highest BCUT2D eigenvalue weighted by molar-refractivity contribution is 5.83. The van der Waals surface area contributed by atoms with Crippen molar-refractivity contribution >= 4 is 17.0 Å². The molecule has 0 aliphatic carbocycles. The number of aromatic nitrogens is 2. The van der Waals surface area contributed by atoms with E-state index < -0.39 is 22.9 Å². The van der Waals surface area contributed by atoms with Crippen LogP contribution in [-0.4, -0.2) is 44.9 Å². The molecule has 5 rings (SSSR count). The fourth-order valence-corrected chi connectivity index (χ4v) is 5.55. The van der Waals surface area contributed by atoms with Gasteiger partial charge in [-0.2, -0.15) is 13.2 Å². The van der Waals surface area contributed by atoms with Crippen LogP contribution < -0.4 is 5.76 Å². The van der Waals surface area contributed by atoms with E-state index in [9.17, 15) is 22.8 Å². The van der Waals surface area contributed by atoms with Crippen LogP contribution in [0.15, 0.2) is 39.7 Å². The number of hydrogen-bond acceptors (Lipinski definition) is 5. The van der Waals surface area contributed by atoms with Crippen molar-refractivity contribution in [2.24, 2.45) is 12.5 Å². The molecule has 1 aromatic carbocycles. The van der Waals surface area contributed by atoms with Gasteiger partial charge in [0.1, 0.15) is 0 Å². The Morgan fingerprint density at radius 2 is 2.03 bits per heavy atom. The second-order valence-electron chi connectivity index (χ2n) is 9.99. The number of halogens is 3. The minimum atomic E-state index is -4.47. The molecular weight excluding hydrogens is 473 g/mol. The number of benzene rings is 1. The Morgan fingerprint density at radius 3 is 2.75 bits per heavy atom. The summed E-state index contributed by atoms with van der Waals surface area (Å²) in [5, 5.41) is 0. The summed E-state index contributed by atoms with van der Waals surface area (Å²) in [5.74, 6) is -0.414. The fraction of sp³-hybridized carbons (Fsp3) is 0.500. The molecule has 3 aromatic rings. The third-order valence-electron chi connectivity index (χ3n) is 8.01. The number of oxazole rings is 1. The third-order valence-corrected chi connectivity index (χ3v) is 8.01. The number of likely N-dealkylation sites (tertiary alicyclic amines) is 1. The van der Waals surface area contributed by atoms with E-state index in [2.05, 4.69) is 16.8 Å². The summed E-state index contributed by atoms with van der Waals surface area (Å²) in [4.78, 5) is 33.6. The van der Waals surface area contributed by atoms with Crippen molar-refractivity contribution in [2.45, 2.75) is 51.9 Å². The molecule has 0 radical (unpaired) electrons. The zero-order chi connectivity index (χ0) is 25.8. The highest BCUT2D eigenvalue weighted by Gasteiger charge is 2.47. The van der Waals surface area contributed by atoms with Crippen molar-refractivity contribution in [3.63, 3.8) is 0 Å². The smallest absolute Gasteiger partial charge is 0.408 e. The van der Waals surface area contributed by atoms with Crippen LogP contribution in [0.3, 0.4) is 0 Å². The molecule has 10 heteroatoms. The molecule has 36 heavy (non-hydrogen) atoms. The number of aryl methyl sites for hydroxylation is 1. The van der Waals surface area contributed by atoms with Gasteiger partial charge in [-0.15, -0.1) is 0 Å². The first-order chi connectivity index (χ1) is 17.0. The lowest BCUT2D eigenvalue weighted by Gasteiger charge is -2.37. The summed E-state index contributed by atoms with van der Waals surface area (Å²) in [6.07, 6.45) is -1.81. The van der Waals surface area contributed by atoms with Gasteiger partial charge in [0.15, 0.2) is 5.58 Å². The average Bonchev–Trinajstić information content (AvgIpc) is 3.43. The van der Waals surface area contributed by atoms with Crippen LogP contribution in [0, 0.1) is 5.41 Å². The molecule has 1 fully saturated rings. The van der Waals surface area contributed by atoms with Gasteiger partial charge >= 0.3 is 11.9 Å². The van der Waals surface area contributed by atoms with Crippen LogP contribution in [0.25, 0.3) is 11.1 Å². The maximum absolute atomic E-state index is 13.8. The Labute approximate surface area is 206 Å². The Morgan fingerprint density at radius 1 is 1.25 bits per heavy atom. The van der Waals surface area contributed by atoms with Crippen LogP contribution in [0.2, 0.25) is 0 Å². The molecule has 2 unspecified atom stereocenters. The van der Waals surface area contributed by atoms with Gasteiger partial charge < -0.3 is 9.32 Å². The van der Waals surface area contributed by atoms with Gasteiger partial charge in [-0.05, 0) is 55.6 Å². The van der Waals surface area contributed by atoms with Crippen LogP contribution in [0.1, 0.15) is 55.1 Å². The van der Waals surface area contributed by atoms with Crippen LogP contribution in [-0.2, 0) is 31.0 Å². The largest absolute Gasteiger partial charge is 0.419 e. The number of pyridine rings is 1. The molecule has 1 saturated heterocycles. The van der Waals surface area contributed by atoms with E-state index in [0.29, 0.717) is 49.2 Å². The number of carbonyl (C=O) groups is 1. The molecule has 2 aliphatic rings. The van der Waals surface area contributed by atoms with E-state index in [1.165, 1.54) is 4.57 Å². The molecule has 2 aromatic heterocycles. The third kappa shape index (κ3) is 4.11. The summed E-state index contributed by atoms with van der Waals surface area (Å²) < 4.78 is 46.3. The first-order valence-corrected chi connectivity index (χ1v) is 12.2. The minimum absolute atomic E-state index is 0.00422. The van der Waals surface area contributed by atoms with E-state index >= 15 is 0 Å². The molecular formula is C26H29F3N4O3. The second kappa shape index (κ2) is 8.76. The number of amides is 1. The van der Waals surface area contributed by atoms with E-state index in [1.54, 1.807) is 18.0 Å². The quantitative estimate of drug-likeness (QED) is 0.532. The normalized spacial score (nSPS) is 21.7. The predicted octanol–water partition coefficient (Wildman–Crippen LogP) is 4.29. The van der Waals surface area contributed by atoms with Crippen LogP contribution in [0.4, 0.5) is 13.2 Å². The summed E-state index contributed by atoms with van der Waals surface area (Å²) >= 11 is 0. The van der Waals surface area contributed by atoms with E-state index in [4.69, 9.17) is 4.42 Å². The lowest BCUT2D eigenvalue weighted by atomic mass is 9.82. The number of alkyl halides is 3. The molecule has 2 aliphatic heterocycles. The summed E-state index contributed by atoms with van der Waals surface area (Å²) in [6.45, 7) is 5.97. The molecule has 0 spiro atoms. The SMILES string of the molecule is CCC1(C(=O)N2CCc3ncc(C(F)(F)F)cc3C2)CCN(C(C)c2ccc3oc(=O)n(C)c3c2)C1. The fourth-order valence-electron chi connectivity index (χ4n) is 5.55. The van der Waals surface area contributed by atoms with Gasteiger partial charge in [0, 0.05) is 51.0 Å². The molecule has 0 saturated carbocycles. The molecule has 4 heterocycles. The maximum atomic E-state index is 13.8. The number of fused-ring (bicyclic) bond motifs is 2. The summed E-state index contributed by atoms with van der Waals surface area (Å²) in [7, 11) is 1.67. The zero-order valence-electron chi connectivity index (χ0n) is 20.6. The lowest BCUT2D eigenvalue weighted by Crippen LogP contribution is -2.47. The number of nitrogens with zero attached hydrogens (tertiary/aromatic N) is 4. The Bertz CT molecular complexity index is 1380. The van der Waals surface area contributed by atoms with Crippen molar-refractivity contribution in [1.29, 1.82) is 0 Å². The number of hydrogen-bond donors (Lipinski definition) is 0. The Kier molecular flexibility index (Phi) is 5.97. The molecule has 0 N–H and O–H groups in total. The summed E-state index contributed by atoms with van der Waals surface area (Å²) in [5.41, 5.74) is 2.01. The van der Waals surface area contributed by atoms with Crippen molar-refractivity contribution in [2.75, 3.05) is 19.6 Å². The monoisotopic (exact) mass is 502 g/mol. The van der Waals surface area contributed by atoms with Crippen LogP contribution in [0.5, 0.6) is 0 Å². The number of carbonyl (C=O) groups excluding carboxylic acids is 1. The van der Waals surface area contributed by atoms with Crippen molar-refractivity contribution in [1.82, 2.24) is 19.4 Å². The molecule has 7 nitrogen and oxygen atoms in total.